The molecule has 1 saturated heterocycles. The molecule has 2 heterocycles. The summed E-state index contributed by atoms with van der Waals surface area (Å²) in [6.45, 7) is 3.22. The number of alkyl carbamates (subject to hydrolysis) is 1. The summed E-state index contributed by atoms with van der Waals surface area (Å²) in [5, 5.41) is 25.7. The molecule has 2 unspecified atom stereocenters. The Morgan fingerprint density at radius 2 is 2.04 bits per heavy atom. The molecule has 9 heteroatoms. The van der Waals surface area contributed by atoms with Gasteiger partial charge in [0.1, 0.15) is 12.7 Å². The lowest BCUT2D eigenvalue weighted by molar-refractivity contribution is 0.0115. The van der Waals surface area contributed by atoms with Crippen LogP contribution in [0.4, 0.5) is 9.93 Å². The van der Waals surface area contributed by atoms with Crippen molar-refractivity contribution in [1.29, 1.82) is 0 Å². The van der Waals surface area contributed by atoms with E-state index in [4.69, 9.17) is 9.47 Å². The predicted molar refractivity (Wildman–Crippen MR) is 105 cm³/mol. The predicted octanol–water partition coefficient (Wildman–Crippen LogP) is 1.69. The molecule has 28 heavy (non-hydrogen) atoms. The van der Waals surface area contributed by atoms with Gasteiger partial charge in [-0.3, -0.25) is 0 Å². The smallest absolute Gasteiger partial charge is 0.407 e. The maximum absolute atomic E-state index is 11.7. The van der Waals surface area contributed by atoms with Crippen LogP contribution < -0.4 is 10.2 Å². The van der Waals surface area contributed by atoms with Crippen molar-refractivity contribution < 1.29 is 24.5 Å². The van der Waals surface area contributed by atoms with Crippen LogP contribution in [0.3, 0.4) is 0 Å². The van der Waals surface area contributed by atoms with Crippen molar-refractivity contribution in [2.75, 3.05) is 37.7 Å². The van der Waals surface area contributed by atoms with Crippen molar-refractivity contribution in [1.82, 2.24) is 10.3 Å². The highest BCUT2D eigenvalue weighted by Gasteiger charge is 2.23. The highest BCUT2D eigenvalue weighted by atomic mass is 32.1. The first-order valence-corrected chi connectivity index (χ1v) is 10.1. The second-order valence-electron chi connectivity index (χ2n) is 6.44. The molecule has 1 aliphatic heterocycles. The topological polar surface area (TPSA) is 104 Å². The first-order chi connectivity index (χ1) is 13.6. The summed E-state index contributed by atoms with van der Waals surface area (Å²) in [6, 6.07) is 9.37. The van der Waals surface area contributed by atoms with Gasteiger partial charge in [0.25, 0.3) is 0 Å². The fraction of sp³-hybridized carbons (Fsp3) is 0.474. The van der Waals surface area contributed by atoms with Crippen molar-refractivity contribution in [3.8, 4) is 0 Å². The average Bonchev–Trinajstić information content (AvgIpc) is 3.23. The molecule has 3 rings (SSSR count). The number of thiazole rings is 1. The fourth-order valence-corrected chi connectivity index (χ4v) is 3.67. The third-order valence-electron chi connectivity index (χ3n) is 4.38. The summed E-state index contributed by atoms with van der Waals surface area (Å²) in [6.07, 6.45) is -2.51. The Hall–Kier alpha value is -2.20. The molecule has 1 aromatic carbocycles. The second kappa shape index (κ2) is 10.4. The van der Waals surface area contributed by atoms with Crippen LogP contribution in [0.25, 0.3) is 0 Å². The molecular weight excluding hydrogens is 382 g/mol. The number of carbonyl (C=O) groups excluding carboxylic acids is 1. The Bertz CT molecular complexity index is 736. The van der Waals surface area contributed by atoms with Gasteiger partial charge >= 0.3 is 6.09 Å². The summed E-state index contributed by atoms with van der Waals surface area (Å²) < 4.78 is 10.4. The summed E-state index contributed by atoms with van der Waals surface area (Å²) >= 11 is 1.43. The number of nitrogens with one attached hydrogen (secondary N) is 1. The van der Waals surface area contributed by atoms with E-state index in [-0.39, 0.29) is 19.6 Å². The first-order valence-electron chi connectivity index (χ1n) is 9.22. The number of aromatic nitrogens is 1. The number of ether oxygens (including phenoxy) is 2. The number of hydrogen-bond donors (Lipinski definition) is 3. The number of carbonyl (C=O) groups is 1. The lowest BCUT2D eigenvalue weighted by atomic mass is 10.1. The van der Waals surface area contributed by atoms with E-state index in [0.29, 0.717) is 18.9 Å². The number of aliphatic hydroxyl groups excluding tert-OH is 2. The highest BCUT2D eigenvalue weighted by Crippen LogP contribution is 2.27. The molecule has 1 aromatic heterocycles. The van der Waals surface area contributed by atoms with Crippen LogP contribution in [0, 0.1) is 0 Å². The van der Waals surface area contributed by atoms with Gasteiger partial charge in [0.15, 0.2) is 5.13 Å². The molecule has 0 bridgehead atoms. The van der Waals surface area contributed by atoms with Gasteiger partial charge in [-0.05, 0) is 12.0 Å². The quantitative estimate of drug-likeness (QED) is 0.612. The molecule has 2 atom stereocenters. The maximum atomic E-state index is 11.7. The van der Waals surface area contributed by atoms with Crippen molar-refractivity contribution in [3.63, 3.8) is 0 Å². The minimum Gasteiger partial charge on any atom is -0.445 e. The van der Waals surface area contributed by atoms with E-state index in [1.165, 1.54) is 11.3 Å². The second-order valence-corrected chi connectivity index (χ2v) is 7.28. The summed E-state index contributed by atoms with van der Waals surface area (Å²) in [4.78, 5) is 18.2. The third-order valence-corrected chi connectivity index (χ3v) is 5.30. The van der Waals surface area contributed by atoms with Gasteiger partial charge in [0.2, 0.25) is 0 Å². The maximum Gasteiger partial charge on any atom is 0.407 e. The van der Waals surface area contributed by atoms with Gasteiger partial charge in [-0.2, -0.15) is 0 Å². The van der Waals surface area contributed by atoms with Crippen molar-refractivity contribution in [2.45, 2.75) is 25.2 Å². The van der Waals surface area contributed by atoms with Crippen LogP contribution in [-0.4, -0.2) is 60.2 Å². The lowest BCUT2D eigenvalue weighted by Crippen LogP contribution is -2.36. The standard InChI is InChI=1S/C19H25N3O5S/c23-16(6-7-20-19(25)27-12-14-4-2-1-3-5-14)17(24)15-13-28-18(21-15)22-8-10-26-11-9-22/h1-5,13,16-17,23-24H,6-12H2,(H,20,25). The fourth-order valence-electron chi connectivity index (χ4n) is 2.76. The van der Waals surface area contributed by atoms with Crippen LogP contribution >= 0.6 is 11.3 Å². The number of rotatable bonds is 8. The van der Waals surface area contributed by atoms with Gasteiger partial charge in [-0.1, -0.05) is 30.3 Å². The highest BCUT2D eigenvalue weighted by molar-refractivity contribution is 7.13. The molecular formula is C19H25N3O5S. The summed E-state index contributed by atoms with van der Waals surface area (Å²) in [5.41, 5.74) is 1.33. The zero-order valence-electron chi connectivity index (χ0n) is 15.5. The molecule has 8 nitrogen and oxygen atoms in total. The molecule has 0 spiro atoms. The van der Waals surface area contributed by atoms with Gasteiger partial charge in [-0.15, -0.1) is 11.3 Å². The first kappa shape index (κ1) is 20.5. The van der Waals surface area contributed by atoms with E-state index in [0.717, 1.165) is 23.8 Å². The van der Waals surface area contributed by atoms with Gasteiger partial charge in [-0.25, -0.2) is 9.78 Å². The van der Waals surface area contributed by atoms with E-state index in [2.05, 4.69) is 15.2 Å². The molecule has 3 N–H and O–H groups in total. The third kappa shape index (κ3) is 5.90. The zero-order chi connectivity index (χ0) is 19.8. The number of morpholine rings is 1. The number of nitrogens with zero attached hydrogens (tertiary/aromatic N) is 2. The van der Waals surface area contributed by atoms with E-state index in [1.54, 1.807) is 5.38 Å². The molecule has 1 fully saturated rings. The van der Waals surface area contributed by atoms with Gasteiger partial charge < -0.3 is 29.9 Å². The largest absolute Gasteiger partial charge is 0.445 e. The SMILES string of the molecule is O=C(NCCC(O)C(O)c1csc(N2CCOCC2)n1)OCc1ccccc1. The number of amides is 1. The molecule has 0 aliphatic carbocycles. The molecule has 0 radical (unpaired) electrons. The van der Waals surface area contributed by atoms with Crippen LogP contribution in [0.2, 0.25) is 0 Å². The minimum absolute atomic E-state index is 0.182. The Morgan fingerprint density at radius 1 is 1.29 bits per heavy atom. The molecule has 0 saturated carbocycles. The molecule has 1 aliphatic rings. The number of aliphatic hydroxyl groups is 2. The van der Waals surface area contributed by atoms with Crippen LogP contribution in [0.15, 0.2) is 35.7 Å². The van der Waals surface area contributed by atoms with Crippen LogP contribution in [0.1, 0.15) is 23.8 Å². The van der Waals surface area contributed by atoms with E-state index >= 15 is 0 Å². The lowest BCUT2D eigenvalue weighted by Gasteiger charge is -2.26. The average molecular weight is 407 g/mol. The van der Waals surface area contributed by atoms with Crippen molar-refractivity contribution in [2.24, 2.45) is 0 Å². The van der Waals surface area contributed by atoms with E-state index in [1.807, 2.05) is 30.3 Å². The normalized spacial score (nSPS) is 16.4. The van der Waals surface area contributed by atoms with E-state index in [9.17, 15) is 15.0 Å². The molecule has 1 amide bonds. The molecule has 2 aromatic rings. The van der Waals surface area contributed by atoms with Crippen molar-refractivity contribution in [3.05, 3.63) is 47.0 Å². The Kier molecular flexibility index (Phi) is 7.61. The Labute approximate surface area is 167 Å². The van der Waals surface area contributed by atoms with Gasteiger partial charge in [0.05, 0.1) is 25.0 Å². The summed E-state index contributed by atoms with van der Waals surface area (Å²) in [5.74, 6) is 0. The van der Waals surface area contributed by atoms with Crippen molar-refractivity contribution >= 4 is 22.6 Å². The van der Waals surface area contributed by atoms with Gasteiger partial charge in [0, 0.05) is 25.0 Å². The number of anilines is 1. The Morgan fingerprint density at radius 3 is 2.79 bits per heavy atom. The van der Waals surface area contributed by atoms with Crippen LogP contribution in [-0.2, 0) is 16.1 Å². The van der Waals surface area contributed by atoms with E-state index < -0.39 is 18.3 Å². The monoisotopic (exact) mass is 407 g/mol. The molecule has 152 valence electrons. The Balaban J connectivity index is 1.38. The minimum atomic E-state index is -1.10. The number of benzene rings is 1. The zero-order valence-corrected chi connectivity index (χ0v) is 16.3. The van der Waals surface area contributed by atoms with Crippen LogP contribution in [0.5, 0.6) is 0 Å². The summed E-state index contributed by atoms with van der Waals surface area (Å²) in [7, 11) is 0. The number of hydrogen-bond acceptors (Lipinski definition) is 8.